The summed E-state index contributed by atoms with van der Waals surface area (Å²) in [7, 11) is 0. The largest absolute Gasteiger partial charge is 0.447 e. The van der Waals surface area contributed by atoms with E-state index in [4.69, 9.17) is 0 Å². The van der Waals surface area contributed by atoms with Crippen molar-refractivity contribution in [2.45, 2.75) is 12.0 Å². The molecule has 0 radical (unpaired) electrons. The summed E-state index contributed by atoms with van der Waals surface area (Å²) in [5.41, 5.74) is 0.214. The SMILES string of the molecule is OC(O)(c1cncc(-c2ccc3cnccc3c2)c1)C(F)(F)F. The van der Waals surface area contributed by atoms with E-state index in [1.165, 1.54) is 6.20 Å². The molecule has 0 aliphatic heterocycles. The van der Waals surface area contributed by atoms with Crippen LogP contribution in [0.15, 0.2) is 55.1 Å². The molecular weight excluding hydrogens is 309 g/mol. The second-order valence-corrected chi connectivity index (χ2v) is 5.07. The number of aromatic nitrogens is 2. The lowest BCUT2D eigenvalue weighted by Crippen LogP contribution is -2.42. The number of nitrogens with zero attached hydrogens (tertiary/aromatic N) is 2. The fourth-order valence-corrected chi connectivity index (χ4v) is 2.22. The van der Waals surface area contributed by atoms with Crippen molar-refractivity contribution in [1.82, 2.24) is 9.97 Å². The maximum atomic E-state index is 12.7. The van der Waals surface area contributed by atoms with Crippen molar-refractivity contribution in [3.63, 3.8) is 0 Å². The Bertz CT molecular complexity index is 863. The highest BCUT2D eigenvalue weighted by Crippen LogP contribution is 2.37. The number of halogens is 3. The summed E-state index contributed by atoms with van der Waals surface area (Å²) < 4.78 is 38.2. The molecular formula is C16H11F3N2O2. The van der Waals surface area contributed by atoms with Gasteiger partial charge >= 0.3 is 6.18 Å². The number of alkyl halides is 3. The van der Waals surface area contributed by atoms with E-state index in [0.29, 0.717) is 11.1 Å². The lowest BCUT2D eigenvalue weighted by Gasteiger charge is -2.24. The molecule has 0 spiro atoms. The van der Waals surface area contributed by atoms with Crippen molar-refractivity contribution in [2.24, 2.45) is 0 Å². The molecule has 2 aromatic heterocycles. The molecule has 0 aliphatic rings. The molecule has 1 aromatic carbocycles. The Balaban J connectivity index is 2.08. The minimum absolute atomic E-state index is 0.345. The molecule has 0 aliphatic carbocycles. The van der Waals surface area contributed by atoms with Gasteiger partial charge < -0.3 is 10.2 Å². The third kappa shape index (κ3) is 2.76. The molecule has 0 bridgehead atoms. The summed E-state index contributed by atoms with van der Waals surface area (Å²) in [6.45, 7) is 0. The molecule has 23 heavy (non-hydrogen) atoms. The second kappa shape index (κ2) is 5.29. The highest BCUT2D eigenvalue weighted by Gasteiger charge is 2.54. The summed E-state index contributed by atoms with van der Waals surface area (Å²) >= 11 is 0. The van der Waals surface area contributed by atoms with Crippen LogP contribution in [0.1, 0.15) is 5.56 Å². The molecule has 0 atom stereocenters. The molecule has 7 heteroatoms. The van der Waals surface area contributed by atoms with Crippen LogP contribution in [0.5, 0.6) is 0 Å². The van der Waals surface area contributed by atoms with Gasteiger partial charge in [0.05, 0.1) is 0 Å². The summed E-state index contributed by atoms with van der Waals surface area (Å²) in [5.74, 6) is -3.95. The lowest BCUT2D eigenvalue weighted by atomic mass is 10.00. The van der Waals surface area contributed by atoms with E-state index in [0.717, 1.165) is 23.0 Å². The van der Waals surface area contributed by atoms with E-state index >= 15 is 0 Å². The first-order chi connectivity index (χ1) is 10.8. The van der Waals surface area contributed by atoms with Gasteiger partial charge in [-0.15, -0.1) is 0 Å². The Morgan fingerprint density at radius 1 is 0.783 bits per heavy atom. The topological polar surface area (TPSA) is 66.2 Å². The predicted molar refractivity (Wildman–Crippen MR) is 77.1 cm³/mol. The van der Waals surface area contributed by atoms with Crippen LogP contribution in [0.3, 0.4) is 0 Å². The fraction of sp³-hybridized carbons (Fsp3) is 0.125. The van der Waals surface area contributed by atoms with E-state index in [-0.39, 0.29) is 0 Å². The quantitative estimate of drug-likeness (QED) is 0.712. The van der Waals surface area contributed by atoms with E-state index < -0.39 is 17.5 Å². The van der Waals surface area contributed by atoms with Crippen LogP contribution in [0.25, 0.3) is 21.9 Å². The Labute approximate surface area is 128 Å². The molecule has 0 saturated heterocycles. The Hall–Kier alpha value is -2.51. The number of rotatable bonds is 2. The van der Waals surface area contributed by atoms with Crippen molar-refractivity contribution < 1.29 is 23.4 Å². The highest BCUT2D eigenvalue weighted by molar-refractivity contribution is 5.86. The van der Waals surface area contributed by atoms with Gasteiger partial charge in [-0.05, 0) is 29.1 Å². The van der Waals surface area contributed by atoms with Crippen molar-refractivity contribution in [1.29, 1.82) is 0 Å². The van der Waals surface area contributed by atoms with E-state index in [9.17, 15) is 23.4 Å². The number of hydrogen-bond donors (Lipinski definition) is 2. The van der Waals surface area contributed by atoms with Crippen LogP contribution in [0, 0.1) is 0 Å². The third-order valence-corrected chi connectivity index (χ3v) is 3.51. The van der Waals surface area contributed by atoms with Crippen LogP contribution in [-0.2, 0) is 5.79 Å². The van der Waals surface area contributed by atoms with Gasteiger partial charge in [0.2, 0.25) is 0 Å². The highest BCUT2D eigenvalue weighted by atomic mass is 19.4. The van der Waals surface area contributed by atoms with Crippen LogP contribution >= 0.6 is 0 Å². The Morgan fingerprint density at radius 2 is 1.57 bits per heavy atom. The van der Waals surface area contributed by atoms with Crippen LogP contribution in [0.2, 0.25) is 0 Å². The molecule has 3 rings (SSSR count). The summed E-state index contributed by atoms with van der Waals surface area (Å²) in [6.07, 6.45) is 0.198. The first kappa shape index (κ1) is 15.4. The number of fused-ring (bicyclic) bond motifs is 1. The maximum absolute atomic E-state index is 12.7. The van der Waals surface area contributed by atoms with E-state index in [1.54, 1.807) is 36.7 Å². The van der Waals surface area contributed by atoms with Crippen LogP contribution in [-0.4, -0.2) is 26.4 Å². The third-order valence-electron chi connectivity index (χ3n) is 3.51. The van der Waals surface area contributed by atoms with Gasteiger partial charge in [0.15, 0.2) is 0 Å². The van der Waals surface area contributed by atoms with Gasteiger partial charge in [-0.1, -0.05) is 12.1 Å². The van der Waals surface area contributed by atoms with Crippen molar-refractivity contribution in [3.05, 3.63) is 60.7 Å². The van der Waals surface area contributed by atoms with Crippen molar-refractivity contribution >= 4 is 10.8 Å². The number of aliphatic hydroxyl groups is 2. The molecule has 0 amide bonds. The van der Waals surface area contributed by atoms with E-state index in [2.05, 4.69) is 9.97 Å². The van der Waals surface area contributed by atoms with E-state index in [1.807, 2.05) is 0 Å². The average molecular weight is 320 g/mol. The normalized spacial score (nSPS) is 12.6. The zero-order valence-corrected chi connectivity index (χ0v) is 11.6. The summed E-state index contributed by atoms with van der Waals surface area (Å²) in [5, 5.41) is 20.4. The monoisotopic (exact) mass is 320 g/mol. The van der Waals surface area contributed by atoms with Gasteiger partial charge in [0, 0.05) is 41.3 Å². The average Bonchev–Trinajstić information content (AvgIpc) is 2.53. The van der Waals surface area contributed by atoms with Gasteiger partial charge in [-0.2, -0.15) is 13.2 Å². The van der Waals surface area contributed by atoms with Gasteiger partial charge in [0.25, 0.3) is 5.79 Å². The predicted octanol–water partition coefficient (Wildman–Crippen LogP) is 3.00. The first-order valence-corrected chi connectivity index (χ1v) is 6.60. The van der Waals surface area contributed by atoms with Gasteiger partial charge in [-0.25, -0.2) is 0 Å². The van der Waals surface area contributed by atoms with Crippen molar-refractivity contribution in [3.8, 4) is 11.1 Å². The number of pyridine rings is 2. The first-order valence-electron chi connectivity index (χ1n) is 6.60. The molecule has 118 valence electrons. The fourth-order valence-electron chi connectivity index (χ4n) is 2.22. The minimum Gasteiger partial charge on any atom is -0.355 e. The smallest absolute Gasteiger partial charge is 0.355 e. The molecule has 2 N–H and O–H groups in total. The number of hydrogen-bond acceptors (Lipinski definition) is 4. The number of benzene rings is 1. The van der Waals surface area contributed by atoms with Crippen LogP contribution in [0.4, 0.5) is 13.2 Å². The Kier molecular flexibility index (Phi) is 3.54. The molecule has 3 aromatic rings. The molecule has 0 saturated carbocycles. The standard InChI is InChI=1S/C16H11F3N2O2/c17-16(18,19)15(22,23)14-6-13(8-21-9-14)10-1-2-12-7-20-4-3-11(12)5-10/h1-9,22-23H. The molecule has 0 fully saturated rings. The van der Waals surface area contributed by atoms with Crippen LogP contribution < -0.4 is 0 Å². The zero-order valence-electron chi connectivity index (χ0n) is 11.6. The minimum atomic E-state index is -5.22. The zero-order chi connectivity index (χ0) is 16.7. The van der Waals surface area contributed by atoms with Crippen molar-refractivity contribution in [2.75, 3.05) is 0 Å². The summed E-state index contributed by atoms with van der Waals surface area (Å²) in [6, 6.07) is 8.08. The van der Waals surface area contributed by atoms with Gasteiger partial charge in [-0.3, -0.25) is 9.97 Å². The summed E-state index contributed by atoms with van der Waals surface area (Å²) in [4.78, 5) is 7.67. The second-order valence-electron chi connectivity index (χ2n) is 5.07. The Morgan fingerprint density at radius 3 is 2.30 bits per heavy atom. The molecule has 2 heterocycles. The molecule has 0 unspecified atom stereocenters. The maximum Gasteiger partial charge on any atom is 0.447 e. The lowest BCUT2D eigenvalue weighted by molar-refractivity contribution is -0.358. The van der Waals surface area contributed by atoms with Gasteiger partial charge in [0.1, 0.15) is 0 Å². The molecule has 4 nitrogen and oxygen atoms in total.